The van der Waals surface area contributed by atoms with Crippen molar-refractivity contribution < 1.29 is 4.74 Å². The normalized spacial score (nSPS) is 13.6. The summed E-state index contributed by atoms with van der Waals surface area (Å²) in [5.74, 6) is 0.636. The van der Waals surface area contributed by atoms with Crippen LogP contribution in [0.5, 0.6) is 11.8 Å². The second-order valence-corrected chi connectivity index (χ2v) is 7.95. The second-order valence-electron chi connectivity index (χ2n) is 7.55. The Balaban J connectivity index is 1.71. The fraction of sp³-hybridized carbons (Fsp3) is 0.208. The molecule has 1 N–H and O–H groups in total. The van der Waals surface area contributed by atoms with Gasteiger partial charge < -0.3 is 14.6 Å². The highest BCUT2D eigenvalue weighted by atomic mass is 35.5. The molecule has 0 atom stereocenters. The summed E-state index contributed by atoms with van der Waals surface area (Å²) in [6.45, 7) is 0. The molecule has 1 aliphatic rings. The molecular formula is C24H20ClN5O. The van der Waals surface area contributed by atoms with Crippen molar-refractivity contribution in [2.45, 2.75) is 25.3 Å². The SMILES string of the molecule is CNc1ccc(-c2c(C#N)c3ccc(Oc4ncccn4)cc3n2C2CCC2)cc1Cl. The molecule has 4 aromatic rings. The first kappa shape index (κ1) is 19.4. The topological polar surface area (TPSA) is 75.8 Å². The third-order valence-corrected chi connectivity index (χ3v) is 6.10. The van der Waals surface area contributed by atoms with Crippen LogP contribution < -0.4 is 10.1 Å². The first-order valence-corrected chi connectivity index (χ1v) is 10.6. The van der Waals surface area contributed by atoms with Crippen molar-refractivity contribution >= 4 is 28.2 Å². The zero-order valence-corrected chi connectivity index (χ0v) is 17.7. The largest absolute Gasteiger partial charge is 0.424 e. The maximum atomic E-state index is 10.1. The van der Waals surface area contributed by atoms with Crippen molar-refractivity contribution in [1.29, 1.82) is 5.26 Å². The molecule has 31 heavy (non-hydrogen) atoms. The Morgan fingerprint density at radius 2 is 1.97 bits per heavy atom. The van der Waals surface area contributed by atoms with E-state index in [9.17, 15) is 5.26 Å². The number of hydrogen-bond acceptors (Lipinski definition) is 5. The maximum absolute atomic E-state index is 10.1. The molecule has 2 heterocycles. The van der Waals surface area contributed by atoms with Crippen LogP contribution in [-0.4, -0.2) is 21.6 Å². The maximum Gasteiger partial charge on any atom is 0.321 e. The number of ether oxygens (including phenoxy) is 1. The molecular weight excluding hydrogens is 410 g/mol. The Hall–Kier alpha value is -3.56. The molecule has 0 radical (unpaired) electrons. The number of hydrogen-bond donors (Lipinski definition) is 1. The third-order valence-electron chi connectivity index (χ3n) is 5.79. The van der Waals surface area contributed by atoms with Gasteiger partial charge in [-0.05, 0) is 49.6 Å². The molecule has 0 saturated heterocycles. The fourth-order valence-corrected chi connectivity index (χ4v) is 4.36. The van der Waals surface area contributed by atoms with Crippen LogP contribution in [0.15, 0.2) is 54.9 Å². The van der Waals surface area contributed by atoms with E-state index in [4.69, 9.17) is 16.3 Å². The van der Waals surface area contributed by atoms with Crippen LogP contribution in [0, 0.1) is 11.3 Å². The zero-order valence-electron chi connectivity index (χ0n) is 17.0. The van der Waals surface area contributed by atoms with Gasteiger partial charge in [-0.25, -0.2) is 9.97 Å². The minimum Gasteiger partial charge on any atom is -0.424 e. The van der Waals surface area contributed by atoms with Gasteiger partial charge >= 0.3 is 6.01 Å². The molecule has 0 spiro atoms. The van der Waals surface area contributed by atoms with Crippen molar-refractivity contribution in [3.63, 3.8) is 0 Å². The van der Waals surface area contributed by atoms with Gasteiger partial charge in [-0.3, -0.25) is 0 Å². The van der Waals surface area contributed by atoms with Crippen LogP contribution >= 0.6 is 11.6 Å². The second kappa shape index (κ2) is 7.93. The van der Waals surface area contributed by atoms with Crippen LogP contribution in [0.4, 0.5) is 5.69 Å². The third kappa shape index (κ3) is 3.37. The molecule has 7 heteroatoms. The van der Waals surface area contributed by atoms with Gasteiger partial charge in [0.25, 0.3) is 0 Å². The minimum absolute atomic E-state index is 0.291. The van der Waals surface area contributed by atoms with E-state index in [-0.39, 0.29) is 0 Å². The smallest absolute Gasteiger partial charge is 0.321 e. The molecule has 2 aromatic carbocycles. The molecule has 0 aliphatic heterocycles. The van der Waals surface area contributed by atoms with E-state index in [1.54, 1.807) is 18.5 Å². The van der Waals surface area contributed by atoms with Gasteiger partial charge in [0.2, 0.25) is 0 Å². The summed E-state index contributed by atoms with van der Waals surface area (Å²) in [4.78, 5) is 8.28. The highest BCUT2D eigenvalue weighted by Gasteiger charge is 2.28. The van der Waals surface area contributed by atoms with Crippen LogP contribution in [0.3, 0.4) is 0 Å². The molecule has 6 nitrogen and oxygen atoms in total. The molecule has 1 saturated carbocycles. The van der Waals surface area contributed by atoms with Crippen LogP contribution in [-0.2, 0) is 0 Å². The Bertz CT molecular complexity index is 1310. The van der Waals surface area contributed by atoms with E-state index in [0.29, 0.717) is 28.4 Å². The predicted octanol–water partition coefficient (Wildman–Crippen LogP) is 6.18. The molecule has 2 aromatic heterocycles. The van der Waals surface area contributed by atoms with Gasteiger partial charge in [0, 0.05) is 42.5 Å². The average Bonchev–Trinajstić information content (AvgIpc) is 3.06. The van der Waals surface area contributed by atoms with Gasteiger partial charge in [-0.1, -0.05) is 17.7 Å². The van der Waals surface area contributed by atoms with Crippen LogP contribution in [0.2, 0.25) is 5.02 Å². The van der Waals surface area contributed by atoms with Crippen LogP contribution in [0.1, 0.15) is 30.9 Å². The zero-order chi connectivity index (χ0) is 21.4. The Morgan fingerprint density at radius 3 is 2.61 bits per heavy atom. The number of rotatable bonds is 5. The summed E-state index contributed by atoms with van der Waals surface area (Å²) in [6, 6.07) is 16.4. The molecule has 5 rings (SSSR count). The number of nitriles is 1. The number of aromatic nitrogens is 3. The molecule has 0 bridgehead atoms. The summed E-state index contributed by atoms with van der Waals surface area (Å²) in [6.07, 6.45) is 6.62. The fourth-order valence-electron chi connectivity index (χ4n) is 4.08. The average molecular weight is 430 g/mol. The predicted molar refractivity (Wildman–Crippen MR) is 122 cm³/mol. The summed E-state index contributed by atoms with van der Waals surface area (Å²) in [5, 5.41) is 14.7. The summed E-state index contributed by atoms with van der Waals surface area (Å²) in [7, 11) is 1.84. The minimum atomic E-state index is 0.291. The molecule has 1 fully saturated rings. The van der Waals surface area contributed by atoms with Gasteiger partial charge in [0.05, 0.1) is 27.5 Å². The number of nitrogens with zero attached hydrogens (tertiary/aromatic N) is 4. The highest BCUT2D eigenvalue weighted by Crippen LogP contribution is 2.44. The number of fused-ring (bicyclic) bond motifs is 1. The molecule has 1 aliphatic carbocycles. The van der Waals surface area contributed by atoms with E-state index in [2.05, 4.69) is 25.9 Å². The van der Waals surface area contributed by atoms with Gasteiger partial charge in [-0.2, -0.15) is 5.26 Å². The lowest BCUT2D eigenvalue weighted by Gasteiger charge is -2.30. The lowest BCUT2D eigenvalue weighted by Crippen LogP contribution is -2.17. The molecule has 0 amide bonds. The van der Waals surface area contributed by atoms with Crippen molar-refractivity contribution in [3.05, 3.63) is 65.4 Å². The van der Waals surface area contributed by atoms with Gasteiger partial charge in [0.15, 0.2) is 0 Å². The van der Waals surface area contributed by atoms with Gasteiger partial charge in [-0.15, -0.1) is 0 Å². The molecule has 0 unspecified atom stereocenters. The number of anilines is 1. The monoisotopic (exact) mass is 429 g/mol. The summed E-state index contributed by atoms with van der Waals surface area (Å²) >= 11 is 6.48. The number of benzene rings is 2. The van der Waals surface area contributed by atoms with E-state index in [0.717, 1.165) is 40.7 Å². The van der Waals surface area contributed by atoms with E-state index in [1.807, 2.05) is 43.4 Å². The summed E-state index contributed by atoms with van der Waals surface area (Å²) in [5.41, 5.74) is 4.31. The Labute approximate surface area is 185 Å². The quantitative estimate of drug-likeness (QED) is 0.409. The van der Waals surface area contributed by atoms with Crippen molar-refractivity contribution in [2.24, 2.45) is 0 Å². The number of halogens is 1. The van der Waals surface area contributed by atoms with Crippen molar-refractivity contribution in [1.82, 2.24) is 14.5 Å². The number of nitrogens with one attached hydrogen (secondary N) is 1. The highest BCUT2D eigenvalue weighted by molar-refractivity contribution is 6.33. The van der Waals surface area contributed by atoms with E-state index < -0.39 is 0 Å². The first-order valence-electron chi connectivity index (χ1n) is 10.2. The molecule has 154 valence electrons. The summed E-state index contributed by atoms with van der Waals surface area (Å²) < 4.78 is 8.14. The lowest BCUT2D eigenvalue weighted by atomic mass is 9.92. The lowest BCUT2D eigenvalue weighted by molar-refractivity contribution is 0.324. The van der Waals surface area contributed by atoms with E-state index in [1.165, 1.54) is 6.42 Å². The Kier molecular flexibility index (Phi) is 4.97. The Morgan fingerprint density at radius 1 is 1.16 bits per heavy atom. The van der Waals surface area contributed by atoms with E-state index >= 15 is 0 Å². The standard InChI is InChI=1S/C24H20ClN5O/c1-27-21-9-6-15(12-20(21)25)23-19(14-26)18-8-7-17(31-24-28-10-3-11-29-24)13-22(18)30(23)16-4-2-5-16/h3,6-13,16,27H,2,4-5H2,1H3. The van der Waals surface area contributed by atoms with Crippen molar-refractivity contribution in [2.75, 3.05) is 12.4 Å². The first-order chi connectivity index (χ1) is 15.2. The van der Waals surface area contributed by atoms with Gasteiger partial charge in [0.1, 0.15) is 11.8 Å². The van der Waals surface area contributed by atoms with Crippen molar-refractivity contribution in [3.8, 4) is 29.1 Å². The van der Waals surface area contributed by atoms with Crippen LogP contribution in [0.25, 0.3) is 22.2 Å².